The van der Waals surface area contributed by atoms with Gasteiger partial charge in [-0.15, -0.1) is 15.3 Å². The maximum absolute atomic E-state index is 9.49. The van der Waals surface area contributed by atoms with Gasteiger partial charge in [0.05, 0.1) is 11.4 Å². The number of azo groups is 1. The Balaban J connectivity index is 1.86. The number of rotatable bonds is 3. The van der Waals surface area contributed by atoms with Gasteiger partial charge in [-0.1, -0.05) is 6.07 Å². The standard InChI is InChI=1S/C16H14N10/c1-9-12(8-17)15(25(22-9)13-6-4-5-7-18-13)21-20-14-10(2)23-26-16(14)19-11(3)24-26/h4-7,23H,1-3H3. The molecule has 0 aliphatic carbocycles. The fraction of sp³-hybridized carbons (Fsp3) is 0.188. The van der Waals surface area contributed by atoms with Crippen LogP contribution in [0.5, 0.6) is 0 Å². The second kappa shape index (κ2) is 5.89. The summed E-state index contributed by atoms with van der Waals surface area (Å²) >= 11 is 0. The second-order valence-electron chi connectivity index (χ2n) is 5.68. The number of nitrogens with one attached hydrogen (secondary N) is 1. The van der Waals surface area contributed by atoms with Crippen LogP contribution in [0.1, 0.15) is 22.8 Å². The van der Waals surface area contributed by atoms with E-state index in [4.69, 9.17) is 0 Å². The lowest BCUT2D eigenvalue weighted by molar-refractivity contribution is 0.793. The summed E-state index contributed by atoms with van der Waals surface area (Å²) in [5.41, 5.74) is 2.80. The van der Waals surface area contributed by atoms with E-state index < -0.39 is 0 Å². The van der Waals surface area contributed by atoms with E-state index in [1.165, 1.54) is 4.68 Å². The molecule has 4 aromatic heterocycles. The summed E-state index contributed by atoms with van der Waals surface area (Å²) in [7, 11) is 0. The van der Waals surface area contributed by atoms with E-state index in [1.54, 1.807) is 36.8 Å². The van der Waals surface area contributed by atoms with Gasteiger partial charge >= 0.3 is 0 Å². The number of H-pyrrole nitrogens is 1. The van der Waals surface area contributed by atoms with Crippen LogP contribution in [-0.4, -0.2) is 34.6 Å². The van der Waals surface area contributed by atoms with E-state index in [0.29, 0.717) is 40.1 Å². The molecule has 10 nitrogen and oxygen atoms in total. The van der Waals surface area contributed by atoms with Crippen molar-refractivity contribution in [1.82, 2.24) is 34.6 Å². The molecule has 4 heterocycles. The average molecular weight is 346 g/mol. The average Bonchev–Trinajstić information content (AvgIpc) is 3.23. The van der Waals surface area contributed by atoms with Crippen molar-refractivity contribution in [1.29, 1.82) is 5.26 Å². The van der Waals surface area contributed by atoms with Gasteiger partial charge in [0, 0.05) is 6.20 Å². The molecule has 0 saturated carbocycles. The van der Waals surface area contributed by atoms with Gasteiger partial charge in [0.15, 0.2) is 17.3 Å². The van der Waals surface area contributed by atoms with Gasteiger partial charge in [-0.05, 0) is 32.9 Å². The maximum Gasteiger partial charge on any atom is 0.203 e. The number of hydrogen-bond acceptors (Lipinski definition) is 7. The van der Waals surface area contributed by atoms with Crippen molar-refractivity contribution >= 4 is 17.2 Å². The fourth-order valence-electron chi connectivity index (χ4n) is 2.62. The van der Waals surface area contributed by atoms with Crippen molar-refractivity contribution in [3.63, 3.8) is 0 Å². The van der Waals surface area contributed by atoms with Crippen LogP contribution in [0.2, 0.25) is 0 Å². The number of hydrogen-bond donors (Lipinski definition) is 1. The van der Waals surface area contributed by atoms with Gasteiger partial charge < -0.3 is 0 Å². The molecule has 0 amide bonds. The maximum atomic E-state index is 9.49. The molecular formula is C16H14N10. The van der Waals surface area contributed by atoms with Crippen LogP contribution >= 0.6 is 0 Å². The molecule has 0 fully saturated rings. The highest BCUT2D eigenvalue weighted by atomic mass is 15.5. The second-order valence-corrected chi connectivity index (χ2v) is 5.68. The summed E-state index contributed by atoms with van der Waals surface area (Å²) in [5.74, 6) is 1.50. The number of aryl methyl sites for hydroxylation is 3. The monoisotopic (exact) mass is 346 g/mol. The zero-order valence-corrected chi connectivity index (χ0v) is 14.3. The predicted molar refractivity (Wildman–Crippen MR) is 91.8 cm³/mol. The SMILES string of the molecule is Cc1nc2c(N=Nc3c(C#N)c(C)nn3-c3ccccn3)c(C)[nH]n2n1. The first kappa shape index (κ1) is 15.6. The number of aromatic nitrogens is 7. The van der Waals surface area contributed by atoms with Crippen molar-refractivity contribution < 1.29 is 0 Å². The summed E-state index contributed by atoms with van der Waals surface area (Å²) in [5, 5.41) is 29.8. The van der Waals surface area contributed by atoms with Gasteiger partial charge in [0.1, 0.15) is 17.5 Å². The Morgan fingerprint density at radius 2 is 2.00 bits per heavy atom. The van der Waals surface area contributed by atoms with E-state index in [1.807, 2.05) is 13.0 Å². The predicted octanol–water partition coefficient (Wildman–Crippen LogP) is 2.85. The lowest BCUT2D eigenvalue weighted by atomic mass is 10.3. The van der Waals surface area contributed by atoms with Crippen LogP contribution < -0.4 is 0 Å². The molecule has 26 heavy (non-hydrogen) atoms. The van der Waals surface area contributed by atoms with Crippen LogP contribution in [-0.2, 0) is 0 Å². The third-order valence-corrected chi connectivity index (χ3v) is 3.81. The number of aromatic amines is 1. The highest BCUT2D eigenvalue weighted by Gasteiger charge is 2.18. The normalized spacial score (nSPS) is 11.5. The molecule has 1 N–H and O–H groups in total. The molecule has 0 aromatic carbocycles. The van der Waals surface area contributed by atoms with Crippen LogP contribution in [0.15, 0.2) is 34.6 Å². The van der Waals surface area contributed by atoms with Gasteiger partial charge in [-0.3, -0.25) is 5.10 Å². The quantitative estimate of drug-likeness (QED) is 0.571. The lowest BCUT2D eigenvalue weighted by Gasteiger charge is -2.01. The molecular weight excluding hydrogens is 332 g/mol. The molecule has 0 saturated heterocycles. The largest absolute Gasteiger partial charge is 0.278 e. The first-order chi connectivity index (χ1) is 12.6. The molecule has 0 radical (unpaired) electrons. The number of nitrogens with zero attached hydrogens (tertiary/aromatic N) is 9. The summed E-state index contributed by atoms with van der Waals surface area (Å²) in [6.07, 6.45) is 1.65. The Morgan fingerprint density at radius 3 is 2.73 bits per heavy atom. The topological polar surface area (TPSA) is 125 Å². The Bertz CT molecular complexity index is 1170. The fourth-order valence-corrected chi connectivity index (χ4v) is 2.62. The minimum atomic E-state index is 0.318. The zero-order valence-electron chi connectivity index (χ0n) is 14.3. The minimum Gasteiger partial charge on any atom is -0.278 e. The summed E-state index contributed by atoms with van der Waals surface area (Å²) in [6, 6.07) is 7.56. The number of pyridine rings is 1. The summed E-state index contributed by atoms with van der Waals surface area (Å²) in [6.45, 7) is 5.40. The summed E-state index contributed by atoms with van der Waals surface area (Å²) in [4.78, 5) is 8.61. The highest BCUT2D eigenvalue weighted by Crippen LogP contribution is 2.29. The summed E-state index contributed by atoms with van der Waals surface area (Å²) < 4.78 is 3.05. The smallest absolute Gasteiger partial charge is 0.203 e. The number of nitriles is 1. The van der Waals surface area contributed by atoms with Crippen LogP contribution in [0.3, 0.4) is 0 Å². The molecule has 0 spiro atoms. The molecule has 0 aliphatic heterocycles. The molecule has 4 aromatic rings. The van der Waals surface area contributed by atoms with Crippen molar-refractivity contribution in [3.8, 4) is 11.9 Å². The molecule has 0 aliphatic rings. The van der Waals surface area contributed by atoms with Crippen molar-refractivity contribution in [2.24, 2.45) is 10.2 Å². The van der Waals surface area contributed by atoms with Crippen LogP contribution in [0.25, 0.3) is 11.5 Å². The minimum absolute atomic E-state index is 0.318. The Kier molecular flexibility index (Phi) is 3.54. The van der Waals surface area contributed by atoms with Gasteiger partial charge in [-0.2, -0.15) is 19.7 Å². The van der Waals surface area contributed by atoms with Crippen molar-refractivity contribution in [2.75, 3.05) is 0 Å². The van der Waals surface area contributed by atoms with Crippen molar-refractivity contribution in [2.45, 2.75) is 20.8 Å². The van der Waals surface area contributed by atoms with Gasteiger partial charge in [0.25, 0.3) is 0 Å². The van der Waals surface area contributed by atoms with Crippen LogP contribution in [0, 0.1) is 32.1 Å². The van der Waals surface area contributed by atoms with E-state index in [2.05, 4.69) is 41.6 Å². The first-order valence-corrected chi connectivity index (χ1v) is 7.83. The molecule has 128 valence electrons. The highest BCUT2D eigenvalue weighted by molar-refractivity contribution is 5.66. The van der Waals surface area contributed by atoms with Gasteiger partial charge in [0.2, 0.25) is 5.65 Å². The molecule has 0 unspecified atom stereocenters. The van der Waals surface area contributed by atoms with E-state index in [-0.39, 0.29) is 0 Å². The Labute approximate surface area is 147 Å². The molecule has 0 atom stereocenters. The molecule has 4 rings (SSSR count). The first-order valence-electron chi connectivity index (χ1n) is 7.83. The van der Waals surface area contributed by atoms with E-state index in [9.17, 15) is 5.26 Å². The zero-order chi connectivity index (χ0) is 18.3. The van der Waals surface area contributed by atoms with Crippen molar-refractivity contribution in [3.05, 3.63) is 47.2 Å². The lowest BCUT2D eigenvalue weighted by Crippen LogP contribution is -1.98. The van der Waals surface area contributed by atoms with E-state index in [0.717, 1.165) is 5.69 Å². The molecule has 10 heteroatoms. The Hall–Kier alpha value is -3.87. The van der Waals surface area contributed by atoms with E-state index >= 15 is 0 Å². The molecule has 0 bridgehead atoms. The van der Waals surface area contributed by atoms with Gasteiger partial charge in [-0.25, -0.2) is 9.97 Å². The third kappa shape index (κ3) is 2.42. The van der Waals surface area contributed by atoms with Crippen LogP contribution in [0.4, 0.5) is 11.5 Å². The Morgan fingerprint density at radius 1 is 1.15 bits per heavy atom. The third-order valence-electron chi connectivity index (χ3n) is 3.81. The number of fused-ring (bicyclic) bond motifs is 1.